The molecule has 2 rings (SSSR count). The highest BCUT2D eigenvalue weighted by Crippen LogP contribution is 2.20. The van der Waals surface area contributed by atoms with Crippen LogP contribution in [0.25, 0.3) is 5.78 Å². The number of rotatable bonds is 3. The van der Waals surface area contributed by atoms with Crippen LogP contribution in [-0.2, 0) is 4.79 Å². The van der Waals surface area contributed by atoms with Gasteiger partial charge in [-0.25, -0.2) is 0 Å². The number of thioether (sulfide) groups is 1. The van der Waals surface area contributed by atoms with Gasteiger partial charge < -0.3 is 5.11 Å². The third-order valence-electron chi connectivity index (χ3n) is 2.05. The summed E-state index contributed by atoms with van der Waals surface area (Å²) in [4.78, 5) is 24.5. The normalized spacial score (nSPS) is 12.8. The van der Waals surface area contributed by atoms with Gasteiger partial charge in [-0.15, -0.1) is 10.2 Å². The first-order valence-corrected chi connectivity index (χ1v) is 5.59. The van der Waals surface area contributed by atoms with Gasteiger partial charge in [0.1, 0.15) is 10.9 Å². The van der Waals surface area contributed by atoms with E-state index in [0.717, 1.165) is 11.8 Å². The van der Waals surface area contributed by atoms with Crippen LogP contribution in [0.4, 0.5) is 0 Å². The van der Waals surface area contributed by atoms with Crippen molar-refractivity contribution in [1.29, 1.82) is 0 Å². The van der Waals surface area contributed by atoms with Crippen LogP contribution in [0.5, 0.6) is 0 Å². The minimum Gasteiger partial charge on any atom is -0.480 e. The number of hydrogen-bond acceptors (Lipinski definition) is 6. The lowest BCUT2D eigenvalue weighted by Crippen LogP contribution is -2.16. The molecule has 1 atom stereocenters. The molecule has 0 spiro atoms. The highest BCUT2D eigenvalue weighted by Gasteiger charge is 2.17. The Bertz CT molecular complexity index is 634. The minimum absolute atomic E-state index is 0.195. The summed E-state index contributed by atoms with van der Waals surface area (Å²) in [5.41, 5.74) is -0.0742. The Balaban J connectivity index is 2.46. The zero-order chi connectivity index (χ0) is 12.6. The highest BCUT2D eigenvalue weighted by molar-refractivity contribution is 8.00. The lowest BCUT2D eigenvalue weighted by atomic mass is 10.5. The molecule has 2 aromatic heterocycles. The molecule has 2 N–H and O–H groups in total. The van der Waals surface area contributed by atoms with Crippen LogP contribution in [0.2, 0.25) is 0 Å². The van der Waals surface area contributed by atoms with Crippen molar-refractivity contribution in [2.45, 2.75) is 24.3 Å². The van der Waals surface area contributed by atoms with Gasteiger partial charge in [0.2, 0.25) is 5.16 Å². The number of aromatic nitrogens is 5. The highest BCUT2D eigenvalue weighted by atomic mass is 32.2. The molecule has 90 valence electrons. The number of hydrogen-bond donors (Lipinski definition) is 2. The van der Waals surface area contributed by atoms with E-state index in [9.17, 15) is 9.59 Å². The fraction of sp³-hybridized carbons (Fsp3) is 0.375. The molecule has 0 aliphatic rings. The van der Waals surface area contributed by atoms with E-state index in [1.54, 1.807) is 6.92 Å². The molecule has 8 nitrogen and oxygen atoms in total. The summed E-state index contributed by atoms with van der Waals surface area (Å²) < 4.78 is 1.32. The first kappa shape index (κ1) is 11.6. The van der Waals surface area contributed by atoms with Crippen molar-refractivity contribution in [3.63, 3.8) is 0 Å². The summed E-state index contributed by atoms with van der Waals surface area (Å²) in [6.45, 7) is 3.08. The smallest absolute Gasteiger partial charge is 0.316 e. The second-order valence-electron chi connectivity index (χ2n) is 3.36. The molecule has 0 aliphatic carbocycles. The van der Waals surface area contributed by atoms with Crippen LogP contribution in [0.3, 0.4) is 0 Å². The van der Waals surface area contributed by atoms with Crippen molar-refractivity contribution in [3.05, 3.63) is 16.0 Å². The van der Waals surface area contributed by atoms with Gasteiger partial charge in [0.15, 0.2) is 0 Å². The Morgan fingerprint density at radius 3 is 2.88 bits per heavy atom. The average molecular weight is 255 g/mol. The van der Waals surface area contributed by atoms with Crippen LogP contribution in [0, 0.1) is 6.92 Å². The molecule has 0 aliphatic heterocycles. The molecule has 0 amide bonds. The number of aromatic amines is 1. The summed E-state index contributed by atoms with van der Waals surface area (Å²) in [5.74, 6) is -0.756. The molecule has 0 aromatic carbocycles. The summed E-state index contributed by atoms with van der Waals surface area (Å²) in [6, 6.07) is 0. The molecule has 0 fully saturated rings. The predicted molar refractivity (Wildman–Crippen MR) is 59.1 cm³/mol. The van der Waals surface area contributed by atoms with Crippen LogP contribution in [0.15, 0.2) is 9.95 Å². The van der Waals surface area contributed by atoms with Crippen molar-refractivity contribution in [2.24, 2.45) is 0 Å². The van der Waals surface area contributed by atoms with Gasteiger partial charge in [0.25, 0.3) is 11.3 Å². The van der Waals surface area contributed by atoms with Gasteiger partial charge in [-0.05, 0) is 13.8 Å². The van der Waals surface area contributed by atoms with Gasteiger partial charge in [-0.3, -0.25) is 14.6 Å². The van der Waals surface area contributed by atoms with Crippen LogP contribution < -0.4 is 5.56 Å². The SMILES string of the molecule is Cc1nn2c(SC(C)C(=O)O)nnc2[nH]c1=O. The third kappa shape index (κ3) is 2.13. The van der Waals surface area contributed by atoms with Crippen LogP contribution >= 0.6 is 11.8 Å². The molecular weight excluding hydrogens is 246 g/mol. The first-order chi connectivity index (χ1) is 7.99. The minimum atomic E-state index is -0.951. The van der Waals surface area contributed by atoms with Crippen molar-refractivity contribution in [1.82, 2.24) is 24.8 Å². The second kappa shape index (κ2) is 4.17. The molecule has 0 saturated carbocycles. The predicted octanol–water partition coefficient (Wildman–Crippen LogP) is -0.314. The Hall–Kier alpha value is -1.90. The molecule has 0 saturated heterocycles. The molecular formula is C8H9N5O3S. The maximum Gasteiger partial charge on any atom is 0.316 e. The number of H-pyrrole nitrogens is 1. The van der Waals surface area contributed by atoms with Crippen LogP contribution in [0.1, 0.15) is 12.6 Å². The van der Waals surface area contributed by atoms with Crippen molar-refractivity contribution < 1.29 is 9.90 Å². The van der Waals surface area contributed by atoms with Gasteiger partial charge in [-0.2, -0.15) is 9.61 Å². The number of carboxylic acid groups (broad SMARTS) is 1. The summed E-state index contributed by atoms with van der Waals surface area (Å²) in [7, 11) is 0. The van der Waals surface area contributed by atoms with E-state index in [-0.39, 0.29) is 17.0 Å². The maximum atomic E-state index is 11.3. The molecule has 0 bridgehead atoms. The molecule has 2 aromatic rings. The van der Waals surface area contributed by atoms with E-state index >= 15 is 0 Å². The van der Waals surface area contributed by atoms with Crippen molar-refractivity contribution >= 4 is 23.5 Å². The van der Waals surface area contributed by atoms with E-state index in [2.05, 4.69) is 20.3 Å². The van der Waals surface area contributed by atoms with Gasteiger partial charge in [0, 0.05) is 0 Å². The lowest BCUT2D eigenvalue weighted by Gasteiger charge is -2.02. The molecule has 0 radical (unpaired) electrons. The number of nitrogens with zero attached hydrogens (tertiary/aromatic N) is 4. The monoisotopic (exact) mass is 255 g/mol. The number of aryl methyl sites for hydroxylation is 1. The van der Waals surface area contributed by atoms with Crippen LogP contribution in [-0.4, -0.2) is 41.1 Å². The number of fused-ring (bicyclic) bond motifs is 1. The first-order valence-electron chi connectivity index (χ1n) is 4.71. The zero-order valence-corrected chi connectivity index (χ0v) is 9.85. The number of carboxylic acids is 1. The topological polar surface area (TPSA) is 113 Å². The van der Waals surface area contributed by atoms with E-state index in [1.807, 2.05) is 0 Å². The summed E-state index contributed by atoms with van der Waals surface area (Å²) >= 11 is 1.01. The van der Waals surface area contributed by atoms with Crippen molar-refractivity contribution in [2.75, 3.05) is 0 Å². The standard InChI is InChI=1S/C8H9N5O3S/c1-3-5(14)9-7-10-11-8(13(7)12-3)17-4(2)6(15)16/h4H,1-2H3,(H,15,16)(H,9,10,14). The number of aliphatic carboxylic acids is 1. The quantitative estimate of drug-likeness (QED) is 0.723. The van der Waals surface area contributed by atoms with Crippen molar-refractivity contribution in [3.8, 4) is 0 Å². The van der Waals surface area contributed by atoms with Gasteiger partial charge in [-0.1, -0.05) is 11.8 Å². The van der Waals surface area contributed by atoms with E-state index in [4.69, 9.17) is 5.11 Å². The zero-order valence-electron chi connectivity index (χ0n) is 9.04. The second-order valence-corrected chi connectivity index (χ2v) is 4.66. The van der Waals surface area contributed by atoms with E-state index in [0.29, 0.717) is 5.16 Å². The molecule has 17 heavy (non-hydrogen) atoms. The average Bonchev–Trinajstić information content (AvgIpc) is 2.62. The Labute approximate surface area is 99.1 Å². The summed E-state index contributed by atoms with van der Waals surface area (Å²) in [6.07, 6.45) is 0. The third-order valence-corrected chi connectivity index (χ3v) is 3.07. The Morgan fingerprint density at radius 2 is 2.24 bits per heavy atom. The Kier molecular flexibility index (Phi) is 2.84. The van der Waals surface area contributed by atoms with E-state index in [1.165, 1.54) is 11.4 Å². The number of carbonyl (C=O) groups is 1. The van der Waals surface area contributed by atoms with Gasteiger partial charge >= 0.3 is 5.97 Å². The summed E-state index contributed by atoms with van der Waals surface area (Å²) in [5, 5.41) is 19.9. The maximum absolute atomic E-state index is 11.3. The molecule has 9 heteroatoms. The molecule has 2 heterocycles. The Morgan fingerprint density at radius 1 is 1.53 bits per heavy atom. The largest absolute Gasteiger partial charge is 0.480 e. The van der Waals surface area contributed by atoms with Gasteiger partial charge in [0.05, 0.1) is 0 Å². The lowest BCUT2D eigenvalue weighted by molar-refractivity contribution is -0.136. The molecule has 1 unspecified atom stereocenters. The van der Waals surface area contributed by atoms with E-state index < -0.39 is 11.2 Å². The fourth-order valence-corrected chi connectivity index (χ4v) is 1.84. The number of nitrogens with one attached hydrogen (secondary N) is 1. The fourth-order valence-electron chi connectivity index (χ4n) is 1.10.